The summed E-state index contributed by atoms with van der Waals surface area (Å²) in [4.78, 5) is 0. The molecule has 0 atom stereocenters. The second kappa shape index (κ2) is 6.44. The number of fused-ring (bicyclic) bond motifs is 1. The SMILES string of the molecule is C[N+](C)(C)c1ccc(C(=C2c3ccccc32)c2ccc([N+](C)(C)C)cc2)cc1. The Bertz CT molecular complexity index is 957. The van der Waals surface area contributed by atoms with Gasteiger partial charge in [0.15, 0.2) is 0 Å². The monoisotopic (exact) mass is 370 g/mol. The number of nitrogens with zero attached hydrogens (tertiary/aromatic N) is 2. The third kappa shape index (κ3) is 3.42. The predicted octanol–water partition coefficient (Wildman–Crippen LogP) is 5.40. The van der Waals surface area contributed by atoms with Crippen molar-refractivity contribution in [3.05, 3.63) is 95.1 Å². The minimum atomic E-state index is 0.824. The topological polar surface area (TPSA) is 0 Å². The molecule has 0 aliphatic heterocycles. The molecule has 0 saturated heterocycles. The molecular weight excluding hydrogens is 340 g/mol. The summed E-state index contributed by atoms with van der Waals surface area (Å²) in [7, 11) is 13.2. The number of quaternary nitrogens is 2. The van der Waals surface area contributed by atoms with Gasteiger partial charge in [-0.05, 0) is 81.9 Å². The Hall–Kier alpha value is -2.68. The van der Waals surface area contributed by atoms with Crippen LogP contribution in [0.15, 0.2) is 72.8 Å². The fourth-order valence-corrected chi connectivity index (χ4v) is 3.74. The third-order valence-electron chi connectivity index (χ3n) is 5.51. The summed E-state index contributed by atoms with van der Waals surface area (Å²) in [6.07, 6.45) is 0. The highest BCUT2D eigenvalue weighted by Crippen LogP contribution is 2.49. The average Bonchev–Trinajstić information content (AvgIpc) is 3.36. The van der Waals surface area contributed by atoms with Crippen LogP contribution in [0, 0.1) is 0 Å². The number of hydrogen-bond acceptors (Lipinski definition) is 0. The minimum Gasteiger partial charge on any atom is -0.298 e. The van der Waals surface area contributed by atoms with Crippen LogP contribution < -0.4 is 8.97 Å². The quantitative estimate of drug-likeness (QED) is 0.422. The van der Waals surface area contributed by atoms with E-state index in [1.807, 2.05) is 0 Å². The second-order valence-electron chi connectivity index (χ2n) is 9.41. The third-order valence-corrected chi connectivity index (χ3v) is 5.51. The van der Waals surface area contributed by atoms with Gasteiger partial charge in [0, 0.05) is 0 Å². The first kappa shape index (κ1) is 18.7. The van der Waals surface area contributed by atoms with Crippen molar-refractivity contribution in [1.29, 1.82) is 0 Å². The van der Waals surface area contributed by atoms with Crippen LogP contribution in [0.4, 0.5) is 11.4 Å². The van der Waals surface area contributed by atoms with Crippen LogP contribution in [0.5, 0.6) is 0 Å². The maximum absolute atomic E-state index is 2.27. The Labute approximate surface area is 169 Å². The van der Waals surface area contributed by atoms with Gasteiger partial charge in [-0.3, -0.25) is 8.97 Å². The molecule has 0 unspecified atom stereocenters. The minimum absolute atomic E-state index is 0.824. The van der Waals surface area contributed by atoms with Crippen LogP contribution in [-0.4, -0.2) is 42.3 Å². The second-order valence-corrected chi connectivity index (χ2v) is 9.41. The lowest BCUT2D eigenvalue weighted by molar-refractivity contribution is 0.486. The summed E-state index contributed by atoms with van der Waals surface area (Å²) in [5, 5.41) is 0. The molecule has 4 rings (SSSR count). The lowest BCUT2D eigenvalue weighted by Gasteiger charge is -2.24. The van der Waals surface area contributed by atoms with Gasteiger partial charge in [-0.2, -0.15) is 0 Å². The van der Waals surface area contributed by atoms with Crippen LogP contribution in [0.3, 0.4) is 0 Å². The van der Waals surface area contributed by atoms with E-state index in [1.165, 1.54) is 44.8 Å². The first-order valence-electron chi connectivity index (χ1n) is 9.85. The highest BCUT2D eigenvalue weighted by Gasteiger charge is 2.29. The first-order valence-corrected chi connectivity index (χ1v) is 9.85. The van der Waals surface area contributed by atoms with Gasteiger partial charge in [-0.1, -0.05) is 24.3 Å². The normalized spacial score (nSPS) is 13.3. The summed E-state index contributed by atoms with van der Waals surface area (Å²) in [5.41, 5.74) is 10.7. The molecule has 0 aromatic heterocycles. The van der Waals surface area contributed by atoms with Crippen molar-refractivity contribution in [2.75, 3.05) is 42.3 Å². The van der Waals surface area contributed by atoms with Crippen LogP contribution in [-0.2, 0) is 0 Å². The fraction of sp³-hybridized carbons (Fsp3) is 0.231. The Kier molecular flexibility index (Phi) is 4.29. The Morgan fingerprint density at radius 3 is 1.18 bits per heavy atom. The molecule has 28 heavy (non-hydrogen) atoms. The van der Waals surface area contributed by atoms with Crippen molar-refractivity contribution in [2.45, 2.75) is 0 Å². The van der Waals surface area contributed by atoms with E-state index in [1.54, 1.807) is 0 Å². The summed E-state index contributed by atoms with van der Waals surface area (Å²) in [6, 6.07) is 26.8. The summed E-state index contributed by atoms with van der Waals surface area (Å²) < 4.78 is 1.65. The standard InChI is InChI=1S/C26H30N2/c1-27(2,3)21-15-11-19(12-16-21)25(26-23-9-7-8-10-24(23)26)20-13-17-22(18-14-20)28(4,5)6/h7-18H,1-6H3/q+2. The zero-order valence-electron chi connectivity index (χ0n) is 17.8. The molecule has 3 aromatic rings. The molecule has 0 heterocycles. The Balaban J connectivity index is 1.83. The van der Waals surface area contributed by atoms with E-state index in [0.29, 0.717) is 0 Å². The molecule has 2 heteroatoms. The zero-order chi connectivity index (χ0) is 20.1. The summed E-state index contributed by atoms with van der Waals surface area (Å²) in [6.45, 7) is 0. The van der Waals surface area contributed by atoms with Gasteiger partial charge in [0.05, 0.1) is 42.3 Å². The van der Waals surface area contributed by atoms with Crippen molar-refractivity contribution in [3.8, 4) is 0 Å². The van der Waals surface area contributed by atoms with Gasteiger partial charge in [0.1, 0.15) is 11.4 Å². The summed E-state index contributed by atoms with van der Waals surface area (Å²) >= 11 is 0. The van der Waals surface area contributed by atoms with Crippen molar-refractivity contribution in [1.82, 2.24) is 8.97 Å². The van der Waals surface area contributed by atoms with E-state index in [9.17, 15) is 0 Å². The van der Waals surface area contributed by atoms with Gasteiger partial charge >= 0.3 is 0 Å². The van der Waals surface area contributed by atoms with E-state index in [4.69, 9.17) is 0 Å². The van der Waals surface area contributed by atoms with Crippen LogP contribution in [0.1, 0.15) is 22.3 Å². The Morgan fingerprint density at radius 2 is 0.857 bits per heavy atom. The first-order chi connectivity index (χ1) is 13.2. The van der Waals surface area contributed by atoms with Crippen molar-refractivity contribution < 1.29 is 0 Å². The maximum atomic E-state index is 2.27. The van der Waals surface area contributed by atoms with Gasteiger partial charge in [0.25, 0.3) is 0 Å². The lowest BCUT2D eigenvalue weighted by Crippen LogP contribution is -2.34. The Morgan fingerprint density at radius 1 is 0.500 bits per heavy atom. The van der Waals surface area contributed by atoms with Gasteiger partial charge in [0.2, 0.25) is 0 Å². The molecule has 0 radical (unpaired) electrons. The molecule has 0 spiro atoms. The van der Waals surface area contributed by atoms with E-state index < -0.39 is 0 Å². The van der Waals surface area contributed by atoms with Gasteiger partial charge in [-0.25, -0.2) is 0 Å². The number of benzene rings is 3. The van der Waals surface area contributed by atoms with Gasteiger partial charge in [-0.15, -0.1) is 0 Å². The van der Waals surface area contributed by atoms with E-state index >= 15 is 0 Å². The number of rotatable bonds is 4. The number of hydrogen-bond donors (Lipinski definition) is 0. The molecule has 2 nitrogen and oxygen atoms in total. The molecule has 0 saturated carbocycles. The average molecular weight is 371 g/mol. The predicted molar refractivity (Wildman–Crippen MR) is 123 cm³/mol. The molecule has 1 aliphatic carbocycles. The van der Waals surface area contributed by atoms with Crippen LogP contribution in [0.2, 0.25) is 0 Å². The van der Waals surface area contributed by atoms with E-state index in [-0.39, 0.29) is 0 Å². The zero-order valence-corrected chi connectivity index (χ0v) is 17.8. The highest BCUT2D eigenvalue weighted by molar-refractivity contribution is 6.16. The molecule has 1 aliphatic rings. The molecule has 3 aromatic carbocycles. The largest absolute Gasteiger partial charge is 0.298 e. The van der Waals surface area contributed by atoms with Crippen molar-refractivity contribution in [2.24, 2.45) is 0 Å². The molecule has 0 amide bonds. The summed E-state index contributed by atoms with van der Waals surface area (Å²) in [5.74, 6) is 0. The molecule has 142 valence electrons. The molecule has 0 N–H and O–H groups in total. The van der Waals surface area contributed by atoms with E-state index in [0.717, 1.165) is 8.97 Å². The fourth-order valence-electron chi connectivity index (χ4n) is 3.74. The maximum Gasteiger partial charge on any atom is 0.132 e. The highest BCUT2D eigenvalue weighted by atomic mass is 15.3. The smallest absolute Gasteiger partial charge is 0.132 e. The van der Waals surface area contributed by atoms with E-state index in [2.05, 4.69) is 115 Å². The van der Waals surface area contributed by atoms with Crippen molar-refractivity contribution in [3.63, 3.8) is 0 Å². The molecular formula is C26H30N2+2. The molecule has 0 bridgehead atoms. The van der Waals surface area contributed by atoms with Gasteiger partial charge < -0.3 is 0 Å². The lowest BCUT2D eigenvalue weighted by atomic mass is 9.95. The van der Waals surface area contributed by atoms with Crippen LogP contribution in [0.25, 0.3) is 11.1 Å². The molecule has 0 fully saturated rings. The van der Waals surface area contributed by atoms with Crippen molar-refractivity contribution >= 4 is 22.5 Å². The van der Waals surface area contributed by atoms with Crippen LogP contribution >= 0.6 is 0 Å².